The van der Waals surface area contributed by atoms with Crippen molar-refractivity contribution in [1.82, 2.24) is 0 Å². The van der Waals surface area contributed by atoms with Crippen LogP contribution in [0.3, 0.4) is 0 Å². The van der Waals surface area contributed by atoms with Gasteiger partial charge in [0.2, 0.25) is 0 Å². The van der Waals surface area contributed by atoms with Gasteiger partial charge in [-0.25, -0.2) is 0 Å². The molecule has 1 rings (SSSR count). The number of unbranched alkanes of at least 4 members (excludes halogenated alkanes) is 1. The van der Waals surface area contributed by atoms with Gasteiger partial charge >= 0.3 is 147 Å². The zero-order valence-corrected chi connectivity index (χ0v) is 16.9. The first-order valence-corrected chi connectivity index (χ1v) is 10.7. The molecule has 130 valence electrons. The third-order valence-corrected chi connectivity index (χ3v) is 7.30. The fourth-order valence-electron chi connectivity index (χ4n) is 2.54. The molecular weight excluding hydrogens is 378 g/mol. The van der Waals surface area contributed by atoms with Crippen LogP contribution < -0.4 is 0 Å². The molecule has 1 aromatic carbocycles. The average molecular weight is 405 g/mol. The van der Waals surface area contributed by atoms with E-state index in [-0.39, 0.29) is 22.7 Å². The van der Waals surface area contributed by atoms with Crippen molar-refractivity contribution in [2.24, 2.45) is 5.92 Å². The van der Waals surface area contributed by atoms with Crippen LogP contribution in [0.4, 0.5) is 0 Å². The third-order valence-electron chi connectivity index (χ3n) is 3.93. The number of ketones is 1. The summed E-state index contributed by atoms with van der Waals surface area (Å²) in [6.45, 7) is 2.14. The van der Waals surface area contributed by atoms with Gasteiger partial charge in [-0.2, -0.15) is 0 Å². The molecule has 0 saturated carbocycles. The first kappa shape index (κ1) is 20.6. The summed E-state index contributed by atoms with van der Waals surface area (Å²) < 4.78 is 21.9. The van der Waals surface area contributed by atoms with Gasteiger partial charge in [-0.15, -0.1) is 0 Å². The number of carbonyl (C=O) groups is 1. The predicted octanol–water partition coefficient (Wildman–Crippen LogP) is 3.88. The molecule has 0 amide bonds. The molecule has 0 heterocycles. The van der Waals surface area contributed by atoms with Gasteiger partial charge in [-0.05, 0) is 0 Å². The summed E-state index contributed by atoms with van der Waals surface area (Å²) in [4.78, 5) is 12.6. The Kier molecular flexibility index (Phi) is 9.34. The number of rotatable bonds is 11. The van der Waals surface area contributed by atoms with Crippen LogP contribution in [0.1, 0.15) is 43.0 Å². The van der Waals surface area contributed by atoms with Crippen molar-refractivity contribution in [1.29, 1.82) is 0 Å². The predicted molar refractivity (Wildman–Crippen MR) is 95.5 cm³/mol. The molecule has 23 heavy (non-hydrogen) atoms. The fraction of sp³-hybridized carbons (Fsp3) is 0.588. The van der Waals surface area contributed by atoms with E-state index in [1.165, 1.54) is 19.8 Å². The number of carbonyl (C=O) groups excluding carboxylic acids is 1. The molecule has 0 saturated heterocycles. The molecule has 0 aromatic heterocycles. The van der Waals surface area contributed by atoms with Crippen LogP contribution in [0, 0.1) is 5.92 Å². The molecule has 0 spiro atoms. The monoisotopic (exact) mass is 406 g/mol. The van der Waals surface area contributed by atoms with E-state index in [9.17, 15) is 9.36 Å². The number of hydrogen-bond donors (Lipinski definition) is 0. The Balaban J connectivity index is 2.78. The number of Topliss-reactive ketones (excluding diaryl/α,β-unsaturated/α-hetero) is 1. The van der Waals surface area contributed by atoms with Gasteiger partial charge in [0.25, 0.3) is 0 Å². The maximum atomic E-state index is 12.3. The average Bonchev–Trinajstić information content (AvgIpc) is 2.58. The van der Waals surface area contributed by atoms with E-state index in [2.05, 4.69) is 35.1 Å². The molecule has 0 aliphatic heterocycles. The van der Waals surface area contributed by atoms with Gasteiger partial charge < -0.3 is 0 Å². The van der Waals surface area contributed by atoms with Gasteiger partial charge in [0.05, 0.1) is 0 Å². The molecule has 4 nitrogen and oxygen atoms in total. The summed E-state index contributed by atoms with van der Waals surface area (Å²) in [5, 5.41) is 0. The van der Waals surface area contributed by atoms with Crippen molar-refractivity contribution >= 4 is 29.4 Å². The van der Waals surface area contributed by atoms with Gasteiger partial charge in [-0.1, -0.05) is 0 Å². The van der Waals surface area contributed by atoms with Crippen LogP contribution in [-0.4, -0.2) is 42.2 Å². The fourth-order valence-corrected chi connectivity index (χ4v) is 4.40. The van der Waals surface area contributed by atoms with Gasteiger partial charge in [-0.3, -0.25) is 0 Å². The van der Waals surface area contributed by atoms with Crippen molar-refractivity contribution in [3.05, 3.63) is 35.9 Å². The van der Waals surface area contributed by atoms with Gasteiger partial charge in [0.1, 0.15) is 0 Å². The van der Waals surface area contributed by atoms with Crippen LogP contribution in [0.2, 0.25) is 0 Å². The Hall–Kier alpha value is -0.441. The normalized spacial score (nSPS) is 14.4. The van der Waals surface area contributed by atoms with E-state index < -0.39 is 7.60 Å². The second kappa shape index (κ2) is 10.4. The van der Waals surface area contributed by atoms with Gasteiger partial charge in [0, 0.05) is 0 Å². The van der Waals surface area contributed by atoms with Crippen LogP contribution in [0.25, 0.3) is 0 Å². The summed E-state index contributed by atoms with van der Waals surface area (Å²) in [7, 11) is -0.646. The van der Waals surface area contributed by atoms with Crippen LogP contribution >= 0.6 is 7.60 Å². The van der Waals surface area contributed by atoms with Crippen molar-refractivity contribution in [2.45, 2.75) is 37.4 Å². The molecule has 2 atom stereocenters. The first-order valence-electron chi connectivity index (χ1n) is 7.91. The van der Waals surface area contributed by atoms with Crippen LogP contribution in [0.15, 0.2) is 30.3 Å². The number of hydrogen-bond acceptors (Lipinski definition) is 4. The van der Waals surface area contributed by atoms with Crippen LogP contribution in [-0.2, 0) is 18.4 Å². The van der Waals surface area contributed by atoms with E-state index in [0.29, 0.717) is 6.42 Å². The van der Waals surface area contributed by atoms with E-state index in [0.717, 1.165) is 19.3 Å². The molecule has 0 radical (unpaired) electrons. The SMILES string of the molecule is CCCCC(CC(=O)CP(=O)(OC)OC)C([SeH])c1ccccc1. The third kappa shape index (κ3) is 6.91. The van der Waals surface area contributed by atoms with Crippen molar-refractivity contribution in [3.63, 3.8) is 0 Å². The minimum atomic E-state index is -3.28. The molecule has 6 heteroatoms. The van der Waals surface area contributed by atoms with Crippen molar-refractivity contribution in [2.75, 3.05) is 20.4 Å². The van der Waals surface area contributed by atoms with Crippen molar-refractivity contribution in [3.8, 4) is 0 Å². The summed E-state index contributed by atoms with van der Waals surface area (Å²) in [5.41, 5.74) is 1.21. The van der Waals surface area contributed by atoms with E-state index in [1.807, 2.05) is 18.2 Å². The molecule has 0 aliphatic rings. The Morgan fingerprint density at radius 2 is 1.83 bits per heavy atom. The quantitative estimate of drug-likeness (QED) is 0.414. The Morgan fingerprint density at radius 1 is 1.22 bits per heavy atom. The molecule has 0 N–H and O–H groups in total. The summed E-state index contributed by atoms with van der Waals surface area (Å²) >= 11 is 2.69. The molecule has 1 aromatic rings. The number of benzene rings is 1. The summed E-state index contributed by atoms with van der Waals surface area (Å²) in [6.07, 6.45) is 3.38. The molecule has 0 fully saturated rings. The molecule has 2 unspecified atom stereocenters. The zero-order valence-electron chi connectivity index (χ0n) is 14.1. The van der Waals surface area contributed by atoms with E-state index >= 15 is 0 Å². The summed E-state index contributed by atoms with van der Waals surface area (Å²) in [6, 6.07) is 10.2. The molecular formula is C17H27O4PSe. The zero-order chi connectivity index (χ0) is 17.3. The second-order valence-corrected chi connectivity index (χ2v) is 9.07. The topological polar surface area (TPSA) is 52.6 Å². The summed E-state index contributed by atoms with van der Waals surface area (Å²) in [5.74, 6) is 0.150. The second-order valence-electron chi connectivity index (χ2n) is 5.63. The van der Waals surface area contributed by atoms with E-state index in [4.69, 9.17) is 9.05 Å². The van der Waals surface area contributed by atoms with Crippen LogP contribution in [0.5, 0.6) is 0 Å². The van der Waals surface area contributed by atoms with Crippen molar-refractivity contribution < 1.29 is 18.4 Å². The maximum absolute atomic E-state index is 12.3. The van der Waals surface area contributed by atoms with E-state index in [1.54, 1.807) is 0 Å². The first-order chi connectivity index (χ1) is 11.0. The molecule has 0 aliphatic carbocycles. The van der Waals surface area contributed by atoms with Gasteiger partial charge in [0.15, 0.2) is 0 Å². The Labute approximate surface area is 147 Å². The Bertz CT molecular complexity index is 513. The standard InChI is InChI=1S/C17H27O4PSe/c1-4-5-9-15(17(23)14-10-7-6-8-11-14)12-16(18)13-22(19,20-2)21-3/h6-8,10-11,15,17,23H,4-5,9,12-13H2,1-3H3. The minimum absolute atomic E-state index is 0.0647. The molecule has 0 bridgehead atoms. The Morgan fingerprint density at radius 3 is 2.35 bits per heavy atom.